The van der Waals surface area contributed by atoms with Gasteiger partial charge in [-0.2, -0.15) is 0 Å². The van der Waals surface area contributed by atoms with Gasteiger partial charge in [-0.15, -0.1) is 0 Å². The van der Waals surface area contributed by atoms with Gasteiger partial charge in [-0.3, -0.25) is 19.3 Å². The molecular formula is C21H27N3O3. The smallest absolute Gasteiger partial charge is 0.242 e. The van der Waals surface area contributed by atoms with Crippen molar-refractivity contribution in [1.82, 2.24) is 9.80 Å². The van der Waals surface area contributed by atoms with Gasteiger partial charge in [-0.1, -0.05) is 31.0 Å². The molecule has 0 N–H and O–H groups in total. The Morgan fingerprint density at radius 3 is 2.15 bits per heavy atom. The first-order valence-electron chi connectivity index (χ1n) is 10.00. The summed E-state index contributed by atoms with van der Waals surface area (Å²) in [7, 11) is 0. The number of amides is 3. The molecule has 4 rings (SSSR count). The second-order valence-corrected chi connectivity index (χ2v) is 7.91. The number of rotatable bonds is 3. The molecule has 0 spiro atoms. The number of carbonyl (C=O) groups excluding carboxylic acids is 3. The fraction of sp³-hybridized carbons (Fsp3) is 0.571. The molecule has 2 aliphatic heterocycles. The average Bonchev–Trinajstić information content (AvgIpc) is 2.94. The van der Waals surface area contributed by atoms with E-state index in [0.29, 0.717) is 13.1 Å². The molecule has 1 saturated carbocycles. The quantitative estimate of drug-likeness (QED) is 0.763. The molecule has 6 nitrogen and oxygen atoms in total. The number of likely N-dealkylation sites (tertiary alicyclic amines) is 1. The Labute approximate surface area is 160 Å². The Kier molecular flexibility index (Phi) is 4.89. The lowest BCUT2D eigenvalue weighted by Crippen LogP contribution is -2.52. The second kappa shape index (κ2) is 7.33. The molecule has 3 aliphatic rings. The van der Waals surface area contributed by atoms with Crippen molar-refractivity contribution in [3.05, 3.63) is 29.8 Å². The third-order valence-electron chi connectivity index (χ3n) is 6.31. The van der Waals surface area contributed by atoms with Crippen LogP contribution in [-0.2, 0) is 14.4 Å². The van der Waals surface area contributed by atoms with E-state index in [2.05, 4.69) is 24.0 Å². The summed E-state index contributed by atoms with van der Waals surface area (Å²) in [5.74, 6) is -0.734. The Bertz CT molecular complexity index is 731. The number of anilines is 1. The Hall–Kier alpha value is -2.37. The zero-order valence-corrected chi connectivity index (χ0v) is 15.9. The molecule has 0 bridgehead atoms. The topological polar surface area (TPSA) is 60.9 Å². The molecule has 2 heterocycles. The highest BCUT2D eigenvalue weighted by molar-refractivity contribution is 6.07. The maximum Gasteiger partial charge on any atom is 0.242 e. The van der Waals surface area contributed by atoms with Gasteiger partial charge in [0.15, 0.2) is 0 Å². The summed E-state index contributed by atoms with van der Waals surface area (Å²) >= 11 is 0. The van der Waals surface area contributed by atoms with Crippen LogP contribution >= 0.6 is 0 Å². The molecule has 6 heteroatoms. The number of para-hydroxylation sites is 1. The normalized spacial score (nSPS) is 25.7. The van der Waals surface area contributed by atoms with Gasteiger partial charge in [0.2, 0.25) is 17.7 Å². The minimum absolute atomic E-state index is 0.0883. The molecule has 0 radical (unpaired) electrons. The summed E-state index contributed by atoms with van der Waals surface area (Å²) < 4.78 is 0. The molecule has 3 fully saturated rings. The number of nitrogens with zero attached hydrogens (tertiary/aromatic N) is 3. The van der Waals surface area contributed by atoms with E-state index in [1.165, 1.54) is 16.2 Å². The molecule has 1 aromatic carbocycles. The van der Waals surface area contributed by atoms with Crippen LogP contribution in [0.1, 0.15) is 31.2 Å². The lowest BCUT2D eigenvalue weighted by molar-refractivity contribution is -0.146. The molecule has 0 unspecified atom stereocenters. The van der Waals surface area contributed by atoms with Crippen LogP contribution in [0.3, 0.4) is 0 Å². The highest BCUT2D eigenvalue weighted by Crippen LogP contribution is 2.37. The van der Waals surface area contributed by atoms with Gasteiger partial charge < -0.3 is 9.80 Å². The fourth-order valence-electron chi connectivity index (χ4n) is 4.74. The molecular weight excluding hydrogens is 342 g/mol. The predicted molar refractivity (Wildman–Crippen MR) is 102 cm³/mol. The lowest BCUT2D eigenvalue weighted by Gasteiger charge is -2.37. The lowest BCUT2D eigenvalue weighted by atomic mass is 9.81. The molecule has 27 heavy (non-hydrogen) atoms. The molecule has 1 aromatic rings. The van der Waals surface area contributed by atoms with E-state index in [0.717, 1.165) is 38.8 Å². The highest BCUT2D eigenvalue weighted by Gasteiger charge is 2.48. The minimum atomic E-state index is -0.183. The standard InChI is InChI=1S/C21H27N3O3/c1-15-6-2-5-9-18(15)22-10-12-23(13-11-22)19(25)14-24-20(26)16-7-3-4-8-17(16)21(24)27/h2,5-6,9,16-17H,3-4,7-8,10-14H2,1H3/t16-,17+. The van der Waals surface area contributed by atoms with Crippen LogP contribution in [0.5, 0.6) is 0 Å². The highest BCUT2D eigenvalue weighted by atomic mass is 16.2. The van der Waals surface area contributed by atoms with Crippen LogP contribution < -0.4 is 4.90 Å². The van der Waals surface area contributed by atoms with Crippen LogP contribution in [0.15, 0.2) is 24.3 Å². The molecule has 0 aromatic heterocycles. The maximum absolute atomic E-state index is 12.7. The number of hydrogen-bond donors (Lipinski definition) is 0. The van der Waals surface area contributed by atoms with Gasteiger partial charge in [0, 0.05) is 31.9 Å². The number of imide groups is 1. The van der Waals surface area contributed by atoms with Gasteiger partial charge in [0.25, 0.3) is 0 Å². The van der Waals surface area contributed by atoms with Crippen molar-refractivity contribution in [2.45, 2.75) is 32.6 Å². The van der Waals surface area contributed by atoms with Crippen LogP contribution in [-0.4, -0.2) is 60.2 Å². The molecule has 2 atom stereocenters. The van der Waals surface area contributed by atoms with E-state index in [1.807, 2.05) is 12.1 Å². The van der Waals surface area contributed by atoms with Gasteiger partial charge >= 0.3 is 0 Å². The largest absolute Gasteiger partial charge is 0.368 e. The van der Waals surface area contributed by atoms with Crippen molar-refractivity contribution in [3.8, 4) is 0 Å². The Balaban J connectivity index is 1.35. The maximum atomic E-state index is 12.7. The summed E-state index contributed by atoms with van der Waals surface area (Å²) in [6.07, 6.45) is 3.58. The minimum Gasteiger partial charge on any atom is -0.368 e. The predicted octanol–water partition coefficient (Wildman–Crippen LogP) is 1.82. The zero-order chi connectivity index (χ0) is 19.0. The average molecular weight is 369 g/mol. The van der Waals surface area contributed by atoms with Crippen LogP contribution in [0.2, 0.25) is 0 Å². The van der Waals surface area contributed by atoms with Crippen LogP contribution in [0.25, 0.3) is 0 Å². The van der Waals surface area contributed by atoms with Crippen LogP contribution in [0, 0.1) is 18.8 Å². The summed E-state index contributed by atoms with van der Waals surface area (Å²) in [4.78, 5) is 43.2. The Morgan fingerprint density at radius 2 is 1.56 bits per heavy atom. The summed E-state index contributed by atoms with van der Waals surface area (Å²) in [5.41, 5.74) is 2.44. The third kappa shape index (κ3) is 3.33. The summed E-state index contributed by atoms with van der Waals surface area (Å²) in [5, 5.41) is 0. The van der Waals surface area contributed by atoms with Crippen molar-refractivity contribution < 1.29 is 14.4 Å². The summed E-state index contributed by atoms with van der Waals surface area (Å²) in [6, 6.07) is 8.26. The fourth-order valence-corrected chi connectivity index (χ4v) is 4.74. The molecule has 144 valence electrons. The van der Waals surface area contributed by atoms with E-state index in [4.69, 9.17) is 0 Å². The van der Waals surface area contributed by atoms with E-state index in [1.54, 1.807) is 4.90 Å². The van der Waals surface area contributed by atoms with Gasteiger partial charge in [0.1, 0.15) is 6.54 Å². The van der Waals surface area contributed by atoms with Gasteiger partial charge in [-0.05, 0) is 31.4 Å². The monoisotopic (exact) mass is 369 g/mol. The van der Waals surface area contributed by atoms with Crippen LogP contribution in [0.4, 0.5) is 5.69 Å². The first-order valence-corrected chi connectivity index (χ1v) is 10.00. The van der Waals surface area contributed by atoms with Crippen molar-refractivity contribution in [2.75, 3.05) is 37.6 Å². The second-order valence-electron chi connectivity index (χ2n) is 7.91. The molecule has 3 amide bonds. The van der Waals surface area contributed by atoms with E-state index in [-0.39, 0.29) is 36.1 Å². The Morgan fingerprint density at radius 1 is 0.963 bits per heavy atom. The first kappa shape index (κ1) is 18.0. The number of hydrogen-bond acceptors (Lipinski definition) is 4. The van der Waals surface area contributed by atoms with Gasteiger partial charge in [-0.25, -0.2) is 0 Å². The van der Waals surface area contributed by atoms with Gasteiger partial charge in [0.05, 0.1) is 11.8 Å². The molecule has 2 saturated heterocycles. The van der Waals surface area contributed by atoms with E-state index in [9.17, 15) is 14.4 Å². The first-order chi connectivity index (χ1) is 13.1. The number of fused-ring (bicyclic) bond motifs is 1. The van der Waals surface area contributed by atoms with Crippen molar-refractivity contribution in [3.63, 3.8) is 0 Å². The van der Waals surface area contributed by atoms with E-state index < -0.39 is 0 Å². The number of aryl methyl sites for hydroxylation is 1. The SMILES string of the molecule is Cc1ccccc1N1CCN(C(=O)CN2C(=O)[C@H]3CCCC[C@H]3C2=O)CC1. The number of benzene rings is 1. The number of piperazine rings is 1. The van der Waals surface area contributed by atoms with Crippen molar-refractivity contribution in [2.24, 2.45) is 11.8 Å². The molecule has 1 aliphatic carbocycles. The zero-order valence-electron chi connectivity index (χ0n) is 15.9. The van der Waals surface area contributed by atoms with E-state index >= 15 is 0 Å². The summed E-state index contributed by atoms with van der Waals surface area (Å²) in [6.45, 7) is 4.78. The van der Waals surface area contributed by atoms with Crippen molar-refractivity contribution >= 4 is 23.4 Å². The number of carbonyl (C=O) groups is 3. The van der Waals surface area contributed by atoms with Crippen molar-refractivity contribution in [1.29, 1.82) is 0 Å². The third-order valence-corrected chi connectivity index (χ3v) is 6.31.